The van der Waals surface area contributed by atoms with Crippen LogP contribution in [0.15, 0.2) is 41.2 Å². The van der Waals surface area contributed by atoms with Crippen LogP contribution >= 0.6 is 0 Å². The van der Waals surface area contributed by atoms with E-state index in [-0.39, 0.29) is 17.2 Å². The first-order chi connectivity index (χ1) is 9.72. The van der Waals surface area contributed by atoms with Gasteiger partial charge in [-0.1, -0.05) is 24.3 Å². The monoisotopic (exact) mass is 269 g/mol. The summed E-state index contributed by atoms with van der Waals surface area (Å²) in [5.41, 5.74) is 3.65. The van der Waals surface area contributed by atoms with E-state index in [1.807, 2.05) is 6.07 Å². The number of carbonyl (C=O) groups excluding carboxylic acids is 1. The SMILES string of the molecule is O=C(NCc1ccc2c(c1)CNC2)c1cccc(=O)[nH]1. The molecule has 1 aromatic heterocycles. The molecule has 0 fully saturated rings. The molecule has 0 saturated heterocycles. The van der Waals surface area contributed by atoms with Gasteiger partial charge in [-0.15, -0.1) is 0 Å². The van der Waals surface area contributed by atoms with Gasteiger partial charge in [-0.2, -0.15) is 0 Å². The molecule has 3 N–H and O–H groups in total. The lowest BCUT2D eigenvalue weighted by atomic mass is 10.1. The second kappa shape index (κ2) is 5.30. The zero-order valence-electron chi connectivity index (χ0n) is 10.9. The number of hydrogen-bond donors (Lipinski definition) is 3. The van der Waals surface area contributed by atoms with Gasteiger partial charge in [-0.05, 0) is 22.8 Å². The Kier molecular flexibility index (Phi) is 3.35. The van der Waals surface area contributed by atoms with E-state index >= 15 is 0 Å². The molecular formula is C15H15N3O2. The van der Waals surface area contributed by atoms with Crippen molar-refractivity contribution in [3.63, 3.8) is 0 Å². The molecule has 1 aromatic carbocycles. The Morgan fingerprint density at radius 1 is 1.15 bits per heavy atom. The van der Waals surface area contributed by atoms with Crippen molar-refractivity contribution < 1.29 is 4.79 Å². The number of aromatic amines is 1. The molecule has 0 aliphatic carbocycles. The van der Waals surface area contributed by atoms with Crippen LogP contribution in [-0.2, 0) is 19.6 Å². The average molecular weight is 269 g/mol. The van der Waals surface area contributed by atoms with Gasteiger partial charge in [-0.3, -0.25) is 9.59 Å². The maximum atomic E-state index is 11.9. The van der Waals surface area contributed by atoms with Crippen molar-refractivity contribution in [3.8, 4) is 0 Å². The van der Waals surface area contributed by atoms with Crippen molar-refractivity contribution in [2.45, 2.75) is 19.6 Å². The Morgan fingerprint density at radius 3 is 2.85 bits per heavy atom. The second-order valence-corrected chi connectivity index (χ2v) is 4.82. The highest BCUT2D eigenvalue weighted by molar-refractivity contribution is 5.92. The minimum Gasteiger partial charge on any atom is -0.347 e. The van der Waals surface area contributed by atoms with E-state index in [2.05, 4.69) is 27.8 Å². The van der Waals surface area contributed by atoms with Crippen molar-refractivity contribution in [2.24, 2.45) is 0 Å². The molecule has 2 aromatic rings. The molecule has 20 heavy (non-hydrogen) atoms. The van der Waals surface area contributed by atoms with E-state index in [9.17, 15) is 9.59 Å². The van der Waals surface area contributed by atoms with Gasteiger partial charge in [-0.25, -0.2) is 0 Å². The molecule has 0 bridgehead atoms. The molecule has 1 aliphatic rings. The Morgan fingerprint density at radius 2 is 2.00 bits per heavy atom. The Balaban J connectivity index is 1.67. The highest BCUT2D eigenvalue weighted by Gasteiger charge is 2.11. The van der Waals surface area contributed by atoms with Crippen LogP contribution < -0.4 is 16.2 Å². The largest absolute Gasteiger partial charge is 0.347 e. The van der Waals surface area contributed by atoms with Crippen molar-refractivity contribution in [1.82, 2.24) is 15.6 Å². The molecule has 1 aliphatic heterocycles. The lowest BCUT2D eigenvalue weighted by molar-refractivity contribution is 0.0945. The van der Waals surface area contributed by atoms with Gasteiger partial charge in [0.25, 0.3) is 5.91 Å². The number of benzene rings is 1. The fraction of sp³-hybridized carbons (Fsp3) is 0.200. The van der Waals surface area contributed by atoms with Crippen LogP contribution in [-0.4, -0.2) is 10.9 Å². The van der Waals surface area contributed by atoms with Gasteiger partial charge in [0.05, 0.1) is 0 Å². The summed E-state index contributed by atoms with van der Waals surface area (Å²) >= 11 is 0. The first kappa shape index (κ1) is 12.6. The van der Waals surface area contributed by atoms with Crippen molar-refractivity contribution >= 4 is 5.91 Å². The summed E-state index contributed by atoms with van der Waals surface area (Å²) < 4.78 is 0. The minimum atomic E-state index is -0.277. The van der Waals surface area contributed by atoms with E-state index in [0.29, 0.717) is 6.54 Å². The lowest BCUT2D eigenvalue weighted by Gasteiger charge is -2.07. The molecule has 5 nitrogen and oxygen atoms in total. The van der Waals surface area contributed by atoms with Crippen LogP contribution in [0.5, 0.6) is 0 Å². The maximum absolute atomic E-state index is 11.9. The predicted molar refractivity (Wildman–Crippen MR) is 75.2 cm³/mol. The number of fused-ring (bicyclic) bond motifs is 1. The number of amides is 1. The van der Waals surface area contributed by atoms with E-state index in [1.165, 1.54) is 17.2 Å². The van der Waals surface area contributed by atoms with Crippen molar-refractivity contribution in [1.29, 1.82) is 0 Å². The Bertz CT molecular complexity index is 706. The number of H-pyrrole nitrogens is 1. The molecule has 5 heteroatoms. The standard InChI is InChI=1S/C15H15N3O2/c19-14-3-1-2-13(18-14)15(20)17-7-10-4-5-11-8-16-9-12(11)6-10/h1-6,16H,7-9H2,(H,17,20)(H,18,19). The molecular weight excluding hydrogens is 254 g/mol. The molecule has 1 amide bonds. The van der Waals surface area contributed by atoms with Gasteiger partial charge in [0.15, 0.2) is 0 Å². The summed E-state index contributed by atoms with van der Waals surface area (Å²) in [7, 11) is 0. The molecule has 0 unspecified atom stereocenters. The molecule has 102 valence electrons. The first-order valence-electron chi connectivity index (χ1n) is 6.51. The average Bonchev–Trinajstić information content (AvgIpc) is 2.92. The van der Waals surface area contributed by atoms with Gasteiger partial charge in [0.1, 0.15) is 5.69 Å². The Hall–Kier alpha value is -2.40. The fourth-order valence-electron chi connectivity index (χ4n) is 2.32. The zero-order chi connectivity index (χ0) is 13.9. The topological polar surface area (TPSA) is 74.0 Å². The van der Waals surface area contributed by atoms with Gasteiger partial charge in [0.2, 0.25) is 5.56 Å². The van der Waals surface area contributed by atoms with Crippen LogP contribution in [0.2, 0.25) is 0 Å². The smallest absolute Gasteiger partial charge is 0.268 e. The summed E-state index contributed by atoms with van der Waals surface area (Å²) in [5, 5.41) is 6.09. The third kappa shape index (κ3) is 2.62. The van der Waals surface area contributed by atoms with Crippen LogP contribution in [0.1, 0.15) is 27.2 Å². The summed E-state index contributed by atoms with van der Waals surface area (Å²) in [6, 6.07) is 10.7. The van der Waals surface area contributed by atoms with Crippen LogP contribution in [0.25, 0.3) is 0 Å². The van der Waals surface area contributed by atoms with E-state index in [1.54, 1.807) is 12.1 Å². The molecule has 2 heterocycles. The normalized spacial score (nSPS) is 13.0. The van der Waals surface area contributed by atoms with Gasteiger partial charge >= 0.3 is 0 Å². The number of hydrogen-bond acceptors (Lipinski definition) is 3. The predicted octanol–water partition coefficient (Wildman–Crippen LogP) is 0.908. The molecule has 0 radical (unpaired) electrons. The second-order valence-electron chi connectivity index (χ2n) is 4.82. The summed E-state index contributed by atoms with van der Waals surface area (Å²) in [5.74, 6) is -0.277. The fourth-order valence-corrected chi connectivity index (χ4v) is 2.32. The number of pyridine rings is 1. The summed E-state index contributed by atoms with van der Waals surface area (Å²) in [6.07, 6.45) is 0. The molecule has 0 saturated carbocycles. The van der Waals surface area contributed by atoms with Crippen LogP contribution in [0.3, 0.4) is 0 Å². The summed E-state index contributed by atoms with van der Waals surface area (Å²) in [6.45, 7) is 2.24. The molecule has 0 atom stereocenters. The first-order valence-corrected chi connectivity index (χ1v) is 6.51. The highest BCUT2D eigenvalue weighted by Crippen LogP contribution is 2.16. The van der Waals surface area contributed by atoms with Gasteiger partial charge in [0, 0.05) is 25.7 Å². The quantitative estimate of drug-likeness (QED) is 0.775. The van der Waals surface area contributed by atoms with Gasteiger partial charge < -0.3 is 15.6 Å². The maximum Gasteiger partial charge on any atom is 0.268 e. The van der Waals surface area contributed by atoms with Crippen molar-refractivity contribution in [2.75, 3.05) is 0 Å². The van der Waals surface area contributed by atoms with Crippen LogP contribution in [0.4, 0.5) is 0 Å². The molecule has 3 rings (SSSR count). The molecule has 0 spiro atoms. The Labute approximate surface area is 116 Å². The van der Waals surface area contributed by atoms with Crippen LogP contribution in [0, 0.1) is 0 Å². The number of rotatable bonds is 3. The number of aromatic nitrogens is 1. The highest BCUT2D eigenvalue weighted by atomic mass is 16.2. The third-order valence-corrected chi connectivity index (χ3v) is 3.37. The third-order valence-electron chi connectivity index (χ3n) is 3.37. The number of nitrogens with one attached hydrogen (secondary N) is 3. The summed E-state index contributed by atoms with van der Waals surface area (Å²) in [4.78, 5) is 25.6. The lowest BCUT2D eigenvalue weighted by Crippen LogP contribution is -2.25. The zero-order valence-corrected chi connectivity index (χ0v) is 10.9. The van der Waals surface area contributed by atoms with E-state index < -0.39 is 0 Å². The van der Waals surface area contributed by atoms with Crippen molar-refractivity contribution in [3.05, 3.63) is 69.1 Å². The number of carbonyl (C=O) groups is 1. The van der Waals surface area contributed by atoms with E-state index in [4.69, 9.17) is 0 Å². The minimum absolute atomic E-state index is 0.277. The van der Waals surface area contributed by atoms with E-state index in [0.717, 1.165) is 18.7 Å².